The standard InChI is InChI=1S/C13H15NO2/c1-10-2-3-11-4-5-14(6-7-15)13(9-16)12(11)8-10/h2-5,8-9,13,15H,6-7H2,1H3. The number of carbonyl (C=O) groups excluding carboxylic acids is 1. The van der Waals surface area contributed by atoms with E-state index in [0.717, 1.165) is 23.0 Å². The molecule has 1 N–H and O–H groups in total. The monoisotopic (exact) mass is 217 g/mol. The van der Waals surface area contributed by atoms with Crippen molar-refractivity contribution in [3.63, 3.8) is 0 Å². The van der Waals surface area contributed by atoms with Gasteiger partial charge in [0.05, 0.1) is 6.61 Å². The summed E-state index contributed by atoms with van der Waals surface area (Å²) in [5.74, 6) is 0. The maximum absolute atomic E-state index is 11.2. The van der Waals surface area contributed by atoms with Gasteiger partial charge in [0, 0.05) is 12.7 Å². The highest BCUT2D eigenvalue weighted by Crippen LogP contribution is 2.29. The van der Waals surface area contributed by atoms with Gasteiger partial charge < -0.3 is 14.8 Å². The molecule has 1 aliphatic rings. The number of hydrogen-bond donors (Lipinski definition) is 1. The Morgan fingerprint density at radius 2 is 2.31 bits per heavy atom. The third kappa shape index (κ3) is 1.86. The second kappa shape index (κ2) is 4.49. The highest BCUT2D eigenvalue weighted by molar-refractivity contribution is 5.70. The Labute approximate surface area is 95.0 Å². The molecule has 0 aromatic heterocycles. The number of aliphatic hydroxyl groups is 1. The minimum atomic E-state index is -0.271. The van der Waals surface area contributed by atoms with Crippen molar-refractivity contribution in [2.24, 2.45) is 0 Å². The normalized spacial score (nSPS) is 18.4. The van der Waals surface area contributed by atoms with Gasteiger partial charge in [0.15, 0.2) is 0 Å². The highest BCUT2D eigenvalue weighted by Gasteiger charge is 2.22. The van der Waals surface area contributed by atoms with Crippen LogP contribution in [0.15, 0.2) is 24.4 Å². The Morgan fingerprint density at radius 3 is 3.00 bits per heavy atom. The number of rotatable bonds is 3. The SMILES string of the molecule is Cc1ccc2c(c1)C(C=O)N(CCO)C=C2. The third-order valence-electron chi connectivity index (χ3n) is 2.85. The minimum absolute atomic E-state index is 0.0514. The van der Waals surface area contributed by atoms with E-state index in [4.69, 9.17) is 5.11 Å². The maximum atomic E-state index is 11.2. The molecular formula is C13H15NO2. The lowest BCUT2D eigenvalue weighted by atomic mass is 9.95. The summed E-state index contributed by atoms with van der Waals surface area (Å²) in [5, 5.41) is 8.94. The van der Waals surface area contributed by atoms with E-state index in [2.05, 4.69) is 0 Å². The zero-order valence-electron chi connectivity index (χ0n) is 9.26. The molecule has 0 saturated heterocycles. The fourth-order valence-corrected chi connectivity index (χ4v) is 2.03. The summed E-state index contributed by atoms with van der Waals surface area (Å²) in [6.45, 7) is 2.54. The van der Waals surface area contributed by atoms with Gasteiger partial charge in [0.1, 0.15) is 12.3 Å². The predicted molar refractivity (Wildman–Crippen MR) is 62.8 cm³/mol. The van der Waals surface area contributed by atoms with E-state index >= 15 is 0 Å². The third-order valence-corrected chi connectivity index (χ3v) is 2.85. The Morgan fingerprint density at radius 1 is 1.50 bits per heavy atom. The van der Waals surface area contributed by atoms with Crippen LogP contribution in [0.25, 0.3) is 6.08 Å². The Hall–Kier alpha value is -1.61. The second-order valence-electron chi connectivity index (χ2n) is 3.99. The van der Waals surface area contributed by atoms with Gasteiger partial charge in [-0.2, -0.15) is 0 Å². The first kappa shape index (κ1) is 10.9. The van der Waals surface area contributed by atoms with Crippen LogP contribution in [0.1, 0.15) is 22.7 Å². The van der Waals surface area contributed by atoms with Gasteiger partial charge in [-0.25, -0.2) is 0 Å². The van der Waals surface area contributed by atoms with Crippen LogP contribution in [0.4, 0.5) is 0 Å². The van der Waals surface area contributed by atoms with E-state index in [0.29, 0.717) is 6.54 Å². The molecule has 1 aromatic carbocycles. The number of hydrogen-bond acceptors (Lipinski definition) is 3. The summed E-state index contributed by atoms with van der Waals surface area (Å²) in [6.07, 6.45) is 4.77. The first-order valence-corrected chi connectivity index (χ1v) is 5.37. The summed E-state index contributed by atoms with van der Waals surface area (Å²) in [7, 11) is 0. The summed E-state index contributed by atoms with van der Waals surface area (Å²) < 4.78 is 0. The van der Waals surface area contributed by atoms with Crippen molar-refractivity contribution >= 4 is 12.4 Å². The molecule has 2 rings (SSSR count). The van der Waals surface area contributed by atoms with E-state index in [1.807, 2.05) is 42.3 Å². The first-order chi connectivity index (χ1) is 7.76. The average Bonchev–Trinajstić information content (AvgIpc) is 2.29. The molecule has 1 aliphatic heterocycles. The molecule has 0 radical (unpaired) electrons. The van der Waals surface area contributed by atoms with E-state index < -0.39 is 0 Å². The molecule has 1 aromatic rings. The van der Waals surface area contributed by atoms with Gasteiger partial charge in [-0.3, -0.25) is 0 Å². The number of aliphatic hydroxyl groups excluding tert-OH is 1. The number of benzene rings is 1. The molecule has 84 valence electrons. The van der Waals surface area contributed by atoms with Crippen molar-refractivity contribution in [2.75, 3.05) is 13.2 Å². The number of fused-ring (bicyclic) bond motifs is 1. The van der Waals surface area contributed by atoms with Crippen molar-refractivity contribution in [1.29, 1.82) is 0 Å². The quantitative estimate of drug-likeness (QED) is 0.780. The van der Waals surface area contributed by atoms with Gasteiger partial charge in [-0.05, 0) is 24.1 Å². The van der Waals surface area contributed by atoms with Gasteiger partial charge in [-0.15, -0.1) is 0 Å². The lowest BCUT2D eigenvalue weighted by molar-refractivity contribution is -0.111. The van der Waals surface area contributed by atoms with Crippen LogP contribution in [0.2, 0.25) is 0 Å². The van der Waals surface area contributed by atoms with Crippen molar-refractivity contribution in [2.45, 2.75) is 13.0 Å². The van der Waals surface area contributed by atoms with Gasteiger partial charge in [0.25, 0.3) is 0 Å². The van der Waals surface area contributed by atoms with Crippen molar-refractivity contribution in [3.8, 4) is 0 Å². The van der Waals surface area contributed by atoms with E-state index in [1.165, 1.54) is 0 Å². The molecule has 1 unspecified atom stereocenters. The van der Waals surface area contributed by atoms with Crippen LogP contribution in [-0.2, 0) is 4.79 Å². The molecule has 1 atom stereocenters. The summed E-state index contributed by atoms with van der Waals surface area (Å²) in [5.41, 5.74) is 3.24. The summed E-state index contributed by atoms with van der Waals surface area (Å²) >= 11 is 0. The molecule has 1 heterocycles. The van der Waals surface area contributed by atoms with Gasteiger partial charge in [-0.1, -0.05) is 23.8 Å². The topological polar surface area (TPSA) is 40.5 Å². The van der Waals surface area contributed by atoms with Crippen molar-refractivity contribution in [3.05, 3.63) is 41.1 Å². The smallest absolute Gasteiger partial charge is 0.146 e. The van der Waals surface area contributed by atoms with Crippen LogP contribution < -0.4 is 0 Å². The van der Waals surface area contributed by atoms with Crippen LogP contribution in [0.5, 0.6) is 0 Å². The molecule has 0 aliphatic carbocycles. The largest absolute Gasteiger partial charge is 0.395 e. The average molecular weight is 217 g/mol. The number of aldehydes is 1. The van der Waals surface area contributed by atoms with Crippen LogP contribution >= 0.6 is 0 Å². The second-order valence-corrected chi connectivity index (χ2v) is 3.99. The van der Waals surface area contributed by atoms with Crippen molar-refractivity contribution < 1.29 is 9.90 Å². The van der Waals surface area contributed by atoms with Crippen molar-refractivity contribution in [1.82, 2.24) is 4.90 Å². The fourth-order valence-electron chi connectivity index (χ4n) is 2.03. The van der Waals surface area contributed by atoms with Gasteiger partial charge in [0.2, 0.25) is 0 Å². The Kier molecular flexibility index (Phi) is 3.06. The number of β-amino-alcohol motifs (C(OH)–C–C–N with tert-alkyl or cyclic N) is 1. The highest BCUT2D eigenvalue weighted by atomic mass is 16.3. The molecule has 16 heavy (non-hydrogen) atoms. The Bertz CT molecular complexity index is 426. The molecule has 0 fully saturated rings. The lowest BCUT2D eigenvalue weighted by Gasteiger charge is -2.31. The molecule has 0 amide bonds. The zero-order chi connectivity index (χ0) is 11.5. The Balaban J connectivity index is 2.41. The zero-order valence-corrected chi connectivity index (χ0v) is 9.26. The van der Waals surface area contributed by atoms with Gasteiger partial charge >= 0.3 is 0 Å². The predicted octanol–water partition coefficient (Wildman–Crippen LogP) is 1.51. The van der Waals surface area contributed by atoms with Crippen LogP contribution in [-0.4, -0.2) is 29.4 Å². The molecule has 0 bridgehead atoms. The fraction of sp³-hybridized carbons (Fsp3) is 0.308. The molecule has 3 heteroatoms. The summed E-state index contributed by atoms with van der Waals surface area (Å²) in [4.78, 5) is 13.0. The van der Waals surface area contributed by atoms with E-state index in [-0.39, 0.29) is 12.6 Å². The van der Waals surface area contributed by atoms with E-state index in [1.54, 1.807) is 0 Å². The molecule has 0 spiro atoms. The maximum Gasteiger partial charge on any atom is 0.146 e. The number of aryl methyl sites for hydroxylation is 1. The van der Waals surface area contributed by atoms with E-state index in [9.17, 15) is 4.79 Å². The summed E-state index contributed by atoms with van der Waals surface area (Å²) in [6, 6.07) is 5.82. The van der Waals surface area contributed by atoms with Crippen LogP contribution in [0, 0.1) is 6.92 Å². The number of carbonyl (C=O) groups is 1. The molecule has 0 saturated carbocycles. The van der Waals surface area contributed by atoms with Crippen LogP contribution in [0.3, 0.4) is 0 Å². The lowest BCUT2D eigenvalue weighted by Crippen LogP contribution is -2.30. The molecule has 3 nitrogen and oxygen atoms in total. The number of nitrogens with zero attached hydrogens (tertiary/aromatic N) is 1. The molecular weight excluding hydrogens is 202 g/mol. The minimum Gasteiger partial charge on any atom is -0.395 e. The first-order valence-electron chi connectivity index (χ1n) is 5.37.